The number of anilines is 1. The van der Waals surface area contributed by atoms with Gasteiger partial charge in [0.1, 0.15) is 5.52 Å². The molecule has 1 aromatic carbocycles. The Morgan fingerprint density at radius 2 is 2.05 bits per heavy atom. The Morgan fingerprint density at radius 1 is 1.32 bits per heavy atom. The van der Waals surface area contributed by atoms with Crippen molar-refractivity contribution in [3.8, 4) is 0 Å². The molecule has 0 radical (unpaired) electrons. The normalized spacial score (nSPS) is 17.6. The summed E-state index contributed by atoms with van der Waals surface area (Å²) in [5, 5.41) is 0.682. The average Bonchev–Trinajstić information content (AvgIpc) is 2.81. The van der Waals surface area contributed by atoms with Crippen molar-refractivity contribution in [2.75, 3.05) is 32.1 Å². The minimum atomic E-state index is 0.662. The highest BCUT2D eigenvalue weighted by atomic mass is 35.5. The van der Waals surface area contributed by atoms with Crippen LogP contribution < -0.4 is 4.90 Å². The summed E-state index contributed by atoms with van der Waals surface area (Å²) >= 11 is 5.96. The second-order valence-electron chi connectivity index (χ2n) is 5.29. The van der Waals surface area contributed by atoms with Crippen LogP contribution in [0.5, 0.6) is 0 Å². The third-order valence-corrected chi connectivity index (χ3v) is 4.04. The van der Waals surface area contributed by atoms with Crippen molar-refractivity contribution in [1.82, 2.24) is 9.88 Å². The van der Waals surface area contributed by atoms with Crippen LogP contribution in [0, 0.1) is 0 Å². The van der Waals surface area contributed by atoms with Gasteiger partial charge in [0, 0.05) is 30.2 Å². The number of hydrogen-bond acceptors (Lipinski definition) is 4. The molecule has 1 fully saturated rings. The molecule has 3 rings (SSSR count). The second kappa shape index (κ2) is 5.02. The number of oxazole rings is 1. The highest BCUT2D eigenvalue weighted by Gasteiger charge is 2.23. The molecule has 2 aromatic rings. The maximum absolute atomic E-state index is 5.96. The molecular weight excluding hydrogens is 262 g/mol. The van der Waals surface area contributed by atoms with Crippen molar-refractivity contribution in [3.63, 3.8) is 0 Å². The van der Waals surface area contributed by atoms with E-state index in [1.165, 1.54) is 0 Å². The van der Waals surface area contributed by atoms with Crippen LogP contribution in [0.1, 0.15) is 12.8 Å². The van der Waals surface area contributed by atoms with E-state index >= 15 is 0 Å². The third-order valence-electron chi connectivity index (χ3n) is 3.80. The Hall–Kier alpha value is -1.26. The fraction of sp³-hybridized carbons (Fsp3) is 0.500. The van der Waals surface area contributed by atoms with Crippen LogP contribution in [0.15, 0.2) is 22.6 Å². The van der Waals surface area contributed by atoms with E-state index in [1.54, 1.807) is 0 Å². The van der Waals surface area contributed by atoms with E-state index in [1.807, 2.05) is 18.2 Å². The van der Waals surface area contributed by atoms with Crippen molar-refractivity contribution >= 4 is 28.7 Å². The molecule has 0 saturated carbocycles. The Balaban J connectivity index is 1.78. The lowest BCUT2D eigenvalue weighted by Gasteiger charge is -2.34. The van der Waals surface area contributed by atoms with Crippen LogP contribution in [0.3, 0.4) is 0 Å². The molecule has 1 aliphatic heterocycles. The van der Waals surface area contributed by atoms with Crippen LogP contribution in [0.4, 0.5) is 6.01 Å². The van der Waals surface area contributed by atoms with Gasteiger partial charge in [-0.05, 0) is 39.1 Å². The summed E-state index contributed by atoms with van der Waals surface area (Å²) in [7, 11) is 4.28. The number of piperidine rings is 1. The lowest BCUT2D eigenvalue weighted by atomic mass is 10.0. The van der Waals surface area contributed by atoms with Gasteiger partial charge in [0.25, 0.3) is 6.01 Å². The van der Waals surface area contributed by atoms with E-state index in [9.17, 15) is 0 Å². The molecule has 4 nitrogen and oxygen atoms in total. The largest absolute Gasteiger partial charge is 0.423 e. The van der Waals surface area contributed by atoms with E-state index in [4.69, 9.17) is 16.0 Å². The first-order valence-electron chi connectivity index (χ1n) is 6.61. The molecule has 0 spiro atoms. The summed E-state index contributed by atoms with van der Waals surface area (Å²) in [6, 6.07) is 6.94. The fourth-order valence-corrected chi connectivity index (χ4v) is 2.76. The van der Waals surface area contributed by atoms with E-state index < -0.39 is 0 Å². The number of nitrogens with zero attached hydrogens (tertiary/aromatic N) is 3. The van der Waals surface area contributed by atoms with Crippen molar-refractivity contribution < 1.29 is 4.42 Å². The highest BCUT2D eigenvalue weighted by molar-refractivity contribution is 6.31. The number of rotatable bonds is 2. The molecule has 2 heterocycles. The monoisotopic (exact) mass is 279 g/mol. The molecular formula is C14H18ClN3O. The van der Waals surface area contributed by atoms with Crippen molar-refractivity contribution in [2.24, 2.45) is 0 Å². The zero-order chi connectivity index (χ0) is 13.4. The van der Waals surface area contributed by atoms with Gasteiger partial charge in [0.05, 0.1) is 0 Å². The molecule has 0 N–H and O–H groups in total. The van der Waals surface area contributed by atoms with E-state index in [0.29, 0.717) is 11.1 Å². The van der Waals surface area contributed by atoms with Gasteiger partial charge in [-0.15, -0.1) is 0 Å². The van der Waals surface area contributed by atoms with Crippen LogP contribution >= 0.6 is 11.6 Å². The van der Waals surface area contributed by atoms with Crippen molar-refractivity contribution in [2.45, 2.75) is 18.9 Å². The maximum atomic E-state index is 5.96. The minimum Gasteiger partial charge on any atom is -0.423 e. The van der Waals surface area contributed by atoms with E-state index in [2.05, 4.69) is 28.9 Å². The van der Waals surface area contributed by atoms with Crippen LogP contribution in [-0.4, -0.2) is 43.1 Å². The molecule has 5 heteroatoms. The predicted octanol–water partition coefficient (Wildman–Crippen LogP) is 3.01. The van der Waals surface area contributed by atoms with Gasteiger partial charge in [-0.3, -0.25) is 0 Å². The van der Waals surface area contributed by atoms with Gasteiger partial charge in [-0.2, -0.15) is 4.98 Å². The molecule has 0 bridgehead atoms. The van der Waals surface area contributed by atoms with E-state index in [-0.39, 0.29) is 0 Å². The first-order valence-corrected chi connectivity index (χ1v) is 6.99. The lowest BCUT2D eigenvalue weighted by molar-refractivity contribution is 0.247. The fourth-order valence-electron chi connectivity index (χ4n) is 2.60. The van der Waals surface area contributed by atoms with Gasteiger partial charge in [-0.1, -0.05) is 11.6 Å². The summed E-state index contributed by atoms with van der Waals surface area (Å²) in [5.74, 6) is 0. The quantitative estimate of drug-likeness (QED) is 0.846. The maximum Gasteiger partial charge on any atom is 0.298 e. The van der Waals surface area contributed by atoms with Gasteiger partial charge < -0.3 is 14.2 Å². The Morgan fingerprint density at radius 3 is 2.74 bits per heavy atom. The van der Waals surface area contributed by atoms with Gasteiger partial charge in [0.15, 0.2) is 5.58 Å². The minimum absolute atomic E-state index is 0.662. The Labute approximate surface area is 117 Å². The number of benzene rings is 1. The van der Waals surface area contributed by atoms with Crippen molar-refractivity contribution in [3.05, 3.63) is 23.2 Å². The highest BCUT2D eigenvalue weighted by Crippen LogP contribution is 2.27. The van der Waals surface area contributed by atoms with Crippen molar-refractivity contribution in [1.29, 1.82) is 0 Å². The molecule has 1 saturated heterocycles. The smallest absolute Gasteiger partial charge is 0.298 e. The molecule has 1 aliphatic rings. The van der Waals surface area contributed by atoms with Crippen LogP contribution in [0.2, 0.25) is 5.02 Å². The molecule has 19 heavy (non-hydrogen) atoms. The number of aromatic nitrogens is 1. The molecule has 102 valence electrons. The Kier molecular flexibility index (Phi) is 3.37. The zero-order valence-corrected chi connectivity index (χ0v) is 12.0. The second-order valence-corrected chi connectivity index (χ2v) is 5.73. The first-order chi connectivity index (χ1) is 9.13. The van der Waals surface area contributed by atoms with Gasteiger partial charge in [0.2, 0.25) is 0 Å². The summed E-state index contributed by atoms with van der Waals surface area (Å²) in [6.45, 7) is 1.98. The van der Waals surface area contributed by atoms with E-state index in [0.717, 1.165) is 43.0 Å². The topological polar surface area (TPSA) is 32.5 Å². The average molecular weight is 280 g/mol. The molecule has 0 aliphatic carbocycles. The summed E-state index contributed by atoms with van der Waals surface area (Å²) in [5.41, 5.74) is 1.63. The first kappa shape index (κ1) is 12.8. The summed E-state index contributed by atoms with van der Waals surface area (Å²) in [6.07, 6.45) is 2.29. The molecule has 0 unspecified atom stereocenters. The van der Waals surface area contributed by atoms with Crippen LogP contribution in [-0.2, 0) is 0 Å². The summed E-state index contributed by atoms with van der Waals surface area (Å²) in [4.78, 5) is 9.05. The molecule has 0 atom stereocenters. The summed E-state index contributed by atoms with van der Waals surface area (Å²) < 4.78 is 5.80. The molecule has 1 aromatic heterocycles. The van der Waals surface area contributed by atoms with Gasteiger partial charge >= 0.3 is 0 Å². The third kappa shape index (κ3) is 2.55. The standard InChI is InChI=1S/C14H18ClN3O/c1-17(2)11-5-7-18(8-6-11)14-16-12-4-3-10(15)9-13(12)19-14/h3-4,9,11H,5-8H2,1-2H3. The SMILES string of the molecule is CN(C)C1CCN(c2nc3ccc(Cl)cc3o2)CC1. The lowest BCUT2D eigenvalue weighted by Crippen LogP contribution is -2.42. The Bertz CT molecular complexity index is 573. The van der Waals surface area contributed by atoms with Crippen LogP contribution in [0.25, 0.3) is 11.1 Å². The number of halogens is 1. The number of hydrogen-bond donors (Lipinski definition) is 0. The predicted molar refractivity (Wildman–Crippen MR) is 77.9 cm³/mol. The molecule has 0 amide bonds. The number of fused-ring (bicyclic) bond motifs is 1. The van der Waals surface area contributed by atoms with Gasteiger partial charge in [-0.25, -0.2) is 0 Å². The zero-order valence-electron chi connectivity index (χ0n) is 11.3.